The van der Waals surface area contributed by atoms with Crippen LogP contribution in [0, 0.1) is 34.1 Å². The monoisotopic (exact) mass is 457 g/mol. The first-order valence-electron chi connectivity index (χ1n) is 9.37. The Hall–Kier alpha value is -3.99. The van der Waals surface area contributed by atoms with E-state index >= 15 is 0 Å². The third-order valence-corrected chi connectivity index (χ3v) is 5.07. The number of aryl methyl sites for hydroxylation is 4. The Morgan fingerprint density at radius 1 is 0.906 bits per heavy atom. The number of nitro groups is 2. The molecule has 0 atom stereocenters. The number of para-hydroxylation sites is 1. The van der Waals surface area contributed by atoms with Crippen molar-refractivity contribution in [3.63, 3.8) is 0 Å². The largest absolute Gasteiger partial charge is 0.322 e. The van der Waals surface area contributed by atoms with Gasteiger partial charge in [-0.05, 0) is 38.1 Å². The lowest BCUT2D eigenvalue weighted by Gasteiger charge is -2.17. The van der Waals surface area contributed by atoms with Crippen LogP contribution < -0.4 is 4.90 Å². The fourth-order valence-corrected chi connectivity index (χ4v) is 3.56. The molecule has 0 unspecified atom stereocenters. The van der Waals surface area contributed by atoms with E-state index in [0.29, 0.717) is 22.1 Å². The molecule has 11 nitrogen and oxygen atoms in total. The second kappa shape index (κ2) is 9.02. The average molecular weight is 458 g/mol. The van der Waals surface area contributed by atoms with Crippen LogP contribution in [0.4, 0.5) is 17.1 Å². The zero-order valence-corrected chi connectivity index (χ0v) is 18.5. The van der Waals surface area contributed by atoms with E-state index in [0.717, 1.165) is 0 Å². The summed E-state index contributed by atoms with van der Waals surface area (Å²) in [5.41, 5.74) is 1.52. The number of benzene rings is 1. The molecule has 12 heteroatoms. The predicted octanol–water partition coefficient (Wildman–Crippen LogP) is 4.39. The molecule has 0 N–H and O–H groups in total. The molecule has 0 aliphatic rings. The molecule has 0 aliphatic carbocycles. The Morgan fingerprint density at radius 2 is 1.34 bits per heavy atom. The molecule has 3 rings (SSSR count). The van der Waals surface area contributed by atoms with Crippen LogP contribution in [-0.2, 0) is 14.1 Å². The lowest BCUT2D eigenvalue weighted by molar-refractivity contribution is -0.385. The number of halogens is 1. The van der Waals surface area contributed by atoms with E-state index < -0.39 is 9.85 Å². The Morgan fingerprint density at radius 3 is 1.75 bits per heavy atom. The normalized spacial score (nSPS) is 11.5. The number of hydrogen-bond acceptors (Lipinski definition) is 7. The van der Waals surface area contributed by atoms with Gasteiger partial charge in [-0.2, -0.15) is 10.2 Å². The summed E-state index contributed by atoms with van der Waals surface area (Å²) >= 11 is 6.36. The number of nitrogens with zero attached hydrogens (tertiary/aromatic N) is 7. The van der Waals surface area contributed by atoms with Gasteiger partial charge in [-0.15, -0.1) is 0 Å². The van der Waals surface area contributed by atoms with E-state index in [2.05, 4.69) is 10.2 Å². The summed E-state index contributed by atoms with van der Waals surface area (Å²) in [6.45, 7) is 3.12. The highest BCUT2D eigenvalue weighted by Gasteiger charge is 2.23. The van der Waals surface area contributed by atoms with Crippen molar-refractivity contribution < 1.29 is 9.85 Å². The maximum Gasteiger partial charge on any atom is 0.317 e. The van der Waals surface area contributed by atoms with Crippen molar-refractivity contribution in [2.24, 2.45) is 14.1 Å². The first-order valence-corrected chi connectivity index (χ1v) is 9.74. The Balaban J connectivity index is 2.09. The molecule has 166 valence electrons. The summed E-state index contributed by atoms with van der Waals surface area (Å²) in [6.07, 6.45) is 6.23. The van der Waals surface area contributed by atoms with Crippen LogP contribution in [0.5, 0.6) is 0 Å². The van der Waals surface area contributed by atoms with Crippen LogP contribution >= 0.6 is 11.6 Å². The minimum atomic E-state index is -0.487. The third kappa shape index (κ3) is 4.37. The number of rotatable bonds is 7. The lowest BCUT2D eigenvalue weighted by Crippen LogP contribution is -2.08. The molecule has 0 bridgehead atoms. The predicted molar refractivity (Wildman–Crippen MR) is 121 cm³/mol. The molecule has 0 aliphatic heterocycles. The summed E-state index contributed by atoms with van der Waals surface area (Å²) < 4.78 is 2.82. The van der Waals surface area contributed by atoms with Crippen molar-refractivity contribution in [2.75, 3.05) is 4.90 Å². The minimum Gasteiger partial charge on any atom is -0.322 e. The van der Waals surface area contributed by atoms with Gasteiger partial charge in [0, 0.05) is 26.5 Å². The van der Waals surface area contributed by atoms with E-state index in [1.54, 1.807) is 69.5 Å². The molecule has 0 saturated heterocycles. The van der Waals surface area contributed by atoms with Gasteiger partial charge in [0.05, 0.1) is 20.6 Å². The van der Waals surface area contributed by atoms with Crippen molar-refractivity contribution in [3.8, 4) is 0 Å². The van der Waals surface area contributed by atoms with E-state index in [1.165, 1.54) is 21.5 Å². The maximum absolute atomic E-state index is 11.5. The molecule has 1 aromatic carbocycles. The molecule has 0 fully saturated rings. The van der Waals surface area contributed by atoms with Crippen LogP contribution in [0.2, 0.25) is 5.02 Å². The first kappa shape index (κ1) is 22.7. The fraction of sp³-hybridized carbons (Fsp3) is 0.200. The Labute approximate surface area is 188 Å². The molecule has 2 aromatic heterocycles. The highest BCUT2D eigenvalue weighted by molar-refractivity contribution is 6.33. The van der Waals surface area contributed by atoms with Gasteiger partial charge in [0.2, 0.25) is 0 Å². The van der Waals surface area contributed by atoms with Gasteiger partial charge in [0.15, 0.2) is 0 Å². The molecular formula is C20H20ClN7O4. The SMILES string of the molecule is Cc1nn(C)c(/C=C/N(/C=C/c2c([N+](=O)[O-])c(C)nn2C)c2ccccc2Cl)c1[N+](=O)[O-]. The smallest absolute Gasteiger partial charge is 0.317 e. The highest BCUT2D eigenvalue weighted by atomic mass is 35.5. The topological polar surface area (TPSA) is 125 Å². The second-order valence-corrected chi connectivity index (χ2v) is 7.30. The molecule has 2 heterocycles. The van der Waals surface area contributed by atoms with E-state index in [1.807, 2.05) is 0 Å². The number of hydrogen-bond donors (Lipinski definition) is 0. The van der Waals surface area contributed by atoms with E-state index in [-0.39, 0.29) is 22.8 Å². The second-order valence-electron chi connectivity index (χ2n) is 6.89. The molecule has 0 saturated carbocycles. The summed E-state index contributed by atoms with van der Waals surface area (Å²) in [7, 11) is 3.22. The molecule has 3 aromatic rings. The summed E-state index contributed by atoms with van der Waals surface area (Å²) in [4.78, 5) is 23.6. The lowest BCUT2D eigenvalue weighted by atomic mass is 10.2. The van der Waals surface area contributed by atoms with Crippen molar-refractivity contribution in [1.82, 2.24) is 19.6 Å². The summed E-state index contributed by atoms with van der Waals surface area (Å²) in [6, 6.07) is 6.99. The average Bonchev–Trinajstić information content (AvgIpc) is 3.16. The van der Waals surface area contributed by atoms with Crippen molar-refractivity contribution >= 4 is 40.8 Å². The maximum atomic E-state index is 11.5. The Kier molecular flexibility index (Phi) is 6.40. The van der Waals surface area contributed by atoms with E-state index in [9.17, 15) is 20.2 Å². The van der Waals surface area contributed by atoms with Crippen molar-refractivity contribution in [1.29, 1.82) is 0 Å². The molecule has 0 spiro atoms. The van der Waals surface area contributed by atoms with Crippen LogP contribution in [0.1, 0.15) is 22.8 Å². The summed E-state index contributed by atoms with van der Waals surface area (Å²) in [5.74, 6) is 0. The quantitative estimate of drug-likeness (QED) is 0.380. The van der Waals surface area contributed by atoms with Gasteiger partial charge in [-0.25, -0.2) is 0 Å². The zero-order chi connectivity index (χ0) is 23.6. The first-order chi connectivity index (χ1) is 15.1. The molecular weight excluding hydrogens is 438 g/mol. The van der Waals surface area contributed by atoms with Crippen LogP contribution in [-0.4, -0.2) is 29.4 Å². The van der Waals surface area contributed by atoms with Gasteiger partial charge in [0.25, 0.3) is 0 Å². The number of anilines is 1. The van der Waals surface area contributed by atoms with Crippen LogP contribution in [0.25, 0.3) is 12.2 Å². The highest BCUT2D eigenvalue weighted by Crippen LogP contribution is 2.29. The zero-order valence-electron chi connectivity index (χ0n) is 17.8. The molecule has 32 heavy (non-hydrogen) atoms. The van der Waals surface area contributed by atoms with Gasteiger partial charge >= 0.3 is 11.4 Å². The van der Waals surface area contributed by atoms with Crippen LogP contribution in [0.3, 0.4) is 0 Å². The van der Waals surface area contributed by atoms with Crippen molar-refractivity contribution in [3.05, 3.63) is 84.7 Å². The van der Waals surface area contributed by atoms with Crippen molar-refractivity contribution in [2.45, 2.75) is 13.8 Å². The van der Waals surface area contributed by atoms with Gasteiger partial charge in [-0.3, -0.25) is 29.6 Å². The fourth-order valence-electron chi connectivity index (χ4n) is 3.33. The van der Waals surface area contributed by atoms with E-state index in [4.69, 9.17) is 11.6 Å². The summed E-state index contributed by atoms with van der Waals surface area (Å²) in [5, 5.41) is 31.6. The number of aromatic nitrogens is 4. The van der Waals surface area contributed by atoms with Gasteiger partial charge in [0.1, 0.15) is 22.8 Å². The third-order valence-electron chi connectivity index (χ3n) is 4.75. The van der Waals surface area contributed by atoms with Gasteiger partial charge in [-0.1, -0.05) is 23.7 Å². The Bertz CT molecular complexity index is 1180. The minimum absolute atomic E-state index is 0.107. The standard InChI is InChI=1S/C20H20ClN7O4/c1-13-19(27(29)30)17(24(3)22-13)9-11-26(16-8-6-5-7-15(16)21)12-10-18-20(28(31)32)14(2)23-25(18)4/h5-12H,1-4H3/b11-9+,12-10+. The van der Waals surface area contributed by atoms with Crippen LogP contribution in [0.15, 0.2) is 36.7 Å². The van der Waals surface area contributed by atoms with Gasteiger partial charge < -0.3 is 4.90 Å². The molecule has 0 amide bonds. The molecule has 0 radical (unpaired) electrons.